The van der Waals surface area contributed by atoms with Crippen LogP contribution in [0.15, 0.2) is 11.6 Å². The van der Waals surface area contributed by atoms with Gasteiger partial charge in [-0.25, -0.2) is 4.79 Å². The van der Waals surface area contributed by atoms with Gasteiger partial charge >= 0.3 is 11.9 Å². The largest absolute Gasteiger partial charge is 0.462 e. The van der Waals surface area contributed by atoms with Crippen LogP contribution in [0.1, 0.15) is 26.7 Å². The third kappa shape index (κ3) is 11.8. The molecule has 0 unspecified atom stereocenters. The molecular formula is C12H18O8S. The number of Topliss-reactive ketones (excluding diaryl/α,β-unsaturated/α-hetero) is 1. The van der Waals surface area contributed by atoms with Crippen molar-refractivity contribution in [1.29, 1.82) is 0 Å². The van der Waals surface area contributed by atoms with E-state index < -0.39 is 27.8 Å². The van der Waals surface area contributed by atoms with Crippen molar-refractivity contribution in [3.8, 4) is 0 Å². The number of hydrogen-bond acceptors (Lipinski definition) is 7. The minimum atomic E-state index is -4.07. The molecule has 21 heavy (non-hydrogen) atoms. The maximum atomic E-state index is 11.4. The molecule has 0 fully saturated rings. The van der Waals surface area contributed by atoms with Crippen molar-refractivity contribution in [2.45, 2.75) is 26.7 Å². The van der Waals surface area contributed by atoms with Gasteiger partial charge in [0.2, 0.25) is 0 Å². The Kier molecular flexibility index (Phi) is 8.48. The maximum Gasteiger partial charge on any atom is 0.333 e. The summed E-state index contributed by atoms with van der Waals surface area (Å²) in [6.07, 6.45) is 0.966. The van der Waals surface area contributed by atoms with Crippen LogP contribution in [0.2, 0.25) is 0 Å². The van der Waals surface area contributed by atoms with Crippen LogP contribution in [-0.2, 0) is 34.0 Å². The van der Waals surface area contributed by atoms with Gasteiger partial charge in [0.25, 0.3) is 10.1 Å². The standard InChI is InChI=1S/C12H18O8S/c1-9(4-3-7-21(16,17)18)12(15)20-6-5-19-11(14)8-10(2)13/h4H,3,5-8H2,1-2H3,(H,16,17,18). The van der Waals surface area contributed by atoms with Crippen LogP contribution in [0.25, 0.3) is 0 Å². The lowest BCUT2D eigenvalue weighted by Crippen LogP contribution is -2.15. The van der Waals surface area contributed by atoms with E-state index in [1.54, 1.807) is 0 Å². The summed E-state index contributed by atoms with van der Waals surface area (Å²) in [5, 5.41) is 0. The summed E-state index contributed by atoms with van der Waals surface area (Å²) in [6, 6.07) is 0. The van der Waals surface area contributed by atoms with Crippen molar-refractivity contribution >= 4 is 27.8 Å². The first kappa shape index (κ1) is 19.3. The van der Waals surface area contributed by atoms with Gasteiger partial charge in [0.05, 0.1) is 5.75 Å². The van der Waals surface area contributed by atoms with E-state index in [9.17, 15) is 22.8 Å². The molecule has 0 bridgehead atoms. The molecular weight excluding hydrogens is 304 g/mol. The highest BCUT2D eigenvalue weighted by Crippen LogP contribution is 2.01. The predicted octanol–water partition coefficient (Wildman–Crippen LogP) is 0.276. The average molecular weight is 322 g/mol. The second-order valence-corrected chi connectivity index (χ2v) is 5.77. The van der Waals surface area contributed by atoms with Crippen molar-refractivity contribution in [2.75, 3.05) is 19.0 Å². The first-order chi connectivity index (χ1) is 9.61. The SMILES string of the molecule is CC(=O)CC(=O)OCCOC(=O)C(C)=CCCS(=O)(=O)O. The zero-order chi connectivity index (χ0) is 16.5. The maximum absolute atomic E-state index is 11.4. The molecule has 0 amide bonds. The van der Waals surface area contributed by atoms with Crippen LogP contribution < -0.4 is 0 Å². The lowest BCUT2D eigenvalue weighted by Gasteiger charge is -2.06. The first-order valence-corrected chi connectivity index (χ1v) is 7.67. The molecule has 0 aromatic heterocycles. The van der Waals surface area contributed by atoms with E-state index in [1.807, 2.05) is 0 Å². The Morgan fingerprint density at radius 1 is 1.10 bits per heavy atom. The van der Waals surface area contributed by atoms with Gasteiger partial charge in [0, 0.05) is 5.57 Å². The molecule has 0 atom stereocenters. The predicted molar refractivity (Wildman–Crippen MR) is 72.0 cm³/mol. The van der Waals surface area contributed by atoms with Crippen LogP contribution in [0.3, 0.4) is 0 Å². The fourth-order valence-electron chi connectivity index (χ4n) is 1.17. The summed E-state index contributed by atoms with van der Waals surface area (Å²) in [5.74, 6) is -2.19. The smallest absolute Gasteiger partial charge is 0.333 e. The fourth-order valence-corrected chi connectivity index (χ4v) is 1.58. The van der Waals surface area contributed by atoms with Gasteiger partial charge in [0.1, 0.15) is 25.4 Å². The molecule has 0 rings (SSSR count). The van der Waals surface area contributed by atoms with Crippen molar-refractivity contribution < 1.29 is 36.8 Å². The molecule has 0 aliphatic rings. The summed E-state index contributed by atoms with van der Waals surface area (Å²) in [5.41, 5.74) is 0.175. The van der Waals surface area contributed by atoms with Crippen LogP contribution in [0, 0.1) is 0 Å². The number of allylic oxidation sites excluding steroid dienone is 1. The molecule has 0 aliphatic carbocycles. The monoisotopic (exact) mass is 322 g/mol. The molecule has 120 valence electrons. The Labute approximate surface area is 122 Å². The molecule has 8 nitrogen and oxygen atoms in total. The first-order valence-electron chi connectivity index (χ1n) is 6.06. The second-order valence-electron chi connectivity index (χ2n) is 4.20. The second kappa shape index (κ2) is 9.24. The number of esters is 2. The van der Waals surface area contributed by atoms with E-state index in [0.717, 1.165) is 0 Å². The zero-order valence-electron chi connectivity index (χ0n) is 11.8. The Hall–Kier alpha value is -1.74. The zero-order valence-corrected chi connectivity index (χ0v) is 12.6. The Morgan fingerprint density at radius 2 is 1.67 bits per heavy atom. The van der Waals surface area contributed by atoms with E-state index in [2.05, 4.69) is 4.74 Å². The van der Waals surface area contributed by atoms with Crippen molar-refractivity contribution in [2.24, 2.45) is 0 Å². The normalized spacial score (nSPS) is 11.9. The van der Waals surface area contributed by atoms with Gasteiger partial charge in [-0.2, -0.15) is 8.42 Å². The number of ether oxygens (including phenoxy) is 2. The van der Waals surface area contributed by atoms with Crippen LogP contribution >= 0.6 is 0 Å². The number of rotatable bonds is 9. The Bertz CT molecular complexity index is 517. The molecule has 0 saturated heterocycles. The molecule has 1 N–H and O–H groups in total. The topological polar surface area (TPSA) is 124 Å². The summed E-state index contributed by atoms with van der Waals surface area (Å²) in [6.45, 7) is 2.33. The fraction of sp³-hybridized carbons (Fsp3) is 0.583. The summed E-state index contributed by atoms with van der Waals surface area (Å²) in [4.78, 5) is 33.0. The van der Waals surface area contributed by atoms with Gasteiger partial charge in [-0.3, -0.25) is 14.1 Å². The minimum absolute atomic E-state index is 0.0205. The molecule has 0 aromatic rings. The van der Waals surface area contributed by atoms with Crippen molar-refractivity contribution in [3.63, 3.8) is 0 Å². The number of carbonyl (C=O) groups is 3. The third-order valence-corrected chi connectivity index (χ3v) is 2.87. The van der Waals surface area contributed by atoms with E-state index in [4.69, 9.17) is 9.29 Å². The molecule has 9 heteroatoms. The molecule has 0 spiro atoms. The van der Waals surface area contributed by atoms with Gasteiger partial charge < -0.3 is 9.47 Å². The molecule has 0 aliphatic heterocycles. The third-order valence-electron chi connectivity index (χ3n) is 2.12. The highest BCUT2D eigenvalue weighted by Gasteiger charge is 2.09. The molecule has 0 heterocycles. The summed E-state index contributed by atoms with van der Waals surface area (Å²) >= 11 is 0. The number of carbonyl (C=O) groups excluding carboxylic acids is 3. The Balaban J connectivity index is 3.95. The lowest BCUT2D eigenvalue weighted by atomic mass is 10.2. The van der Waals surface area contributed by atoms with Crippen LogP contribution in [-0.4, -0.2) is 49.7 Å². The van der Waals surface area contributed by atoms with Gasteiger partial charge in [0.15, 0.2) is 0 Å². The molecule has 0 radical (unpaired) electrons. The van der Waals surface area contributed by atoms with Crippen LogP contribution in [0.5, 0.6) is 0 Å². The van der Waals surface area contributed by atoms with Crippen LogP contribution in [0.4, 0.5) is 0 Å². The van der Waals surface area contributed by atoms with E-state index in [0.29, 0.717) is 0 Å². The van der Waals surface area contributed by atoms with Crippen molar-refractivity contribution in [1.82, 2.24) is 0 Å². The Morgan fingerprint density at radius 3 is 2.19 bits per heavy atom. The highest BCUT2D eigenvalue weighted by molar-refractivity contribution is 7.85. The van der Waals surface area contributed by atoms with Gasteiger partial charge in [-0.05, 0) is 20.3 Å². The highest BCUT2D eigenvalue weighted by atomic mass is 32.2. The summed E-state index contributed by atoms with van der Waals surface area (Å²) < 4.78 is 38.9. The van der Waals surface area contributed by atoms with Crippen molar-refractivity contribution in [3.05, 3.63) is 11.6 Å². The molecule has 0 saturated carbocycles. The number of hydrogen-bond donors (Lipinski definition) is 1. The van der Waals surface area contributed by atoms with Gasteiger partial charge in [-0.15, -0.1) is 0 Å². The average Bonchev–Trinajstić information content (AvgIpc) is 2.31. The molecule has 0 aromatic carbocycles. The van der Waals surface area contributed by atoms with E-state index >= 15 is 0 Å². The van der Waals surface area contributed by atoms with E-state index in [1.165, 1.54) is 19.9 Å². The van der Waals surface area contributed by atoms with Gasteiger partial charge in [-0.1, -0.05) is 6.08 Å². The summed E-state index contributed by atoms with van der Waals surface area (Å²) in [7, 11) is -4.07. The number of ketones is 1. The lowest BCUT2D eigenvalue weighted by molar-refractivity contribution is -0.151. The quantitative estimate of drug-likeness (QED) is 0.211. The van der Waals surface area contributed by atoms with E-state index in [-0.39, 0.29) is 37.4 Å². The minimum Gasteiger partial charge on any atom is -0.462 e.